The minimum absolute atomic E-state index is 0.363. The second-order valence-electron chi connectivity index (χ2n) is 4.32. The smallest absolute Gasteiger partial charge is 0.260 e. The molecular formula is C13H13N3O4S. The van der Waals surface area contributed by atoms with E-state index < -0.39 is 26.7 Å². The predicted octanol–water partition coefficient (Wildman–Crippen LogP) is 2.03. The van der Waals surface area contributed by atoms with Crippen molar-refractivity contribution < 1.29 is 13.3 Å². The maximum atomic E-state index is 12.3. The van der Waals surface area contributed by atoms with Crippen molar-refractivity contribution >= 4 is 15.7 Å². The number of nitro groups is 1. The highest BCUT2D eigenvalue weighted by Gasteiger charge is 2.27. The van der Waals surface area contributed by atoms with Gasteiger partial charge in [-0.25, -0.2) is 13.1 Å². The topological polar surface area (TPSA) is 102 Å². The lowest BCUT2D eigenvalue weighted by Crippen LogP contribution is -2.28. The molecule has 1 heterocycles. The van der Waals surface area contributed by atoms with E-state index in [1.54, 1.807) is 31.3 Å². The molecule has 0 saturated carbocycles. The van der Waals surface area contributed by atoms with Crippen LogP contribution in [0.15, 0.2) is 53.6 Å². The van der Waals surface area contributed by atoms with Crippen molar-refractivity contribution in [3.63, 3.8) is 0 Å². The van der Waals surface area contributed by atoms with Gasteiger partial charge in [0.1, 0.15) is 0 Å². The second kappa shape index (κ2) is 5.98. The van der Waals surface area contributed by atoms with E-state index in [0.29, 0.717) is 5.69 Å². The summed E-state index contributed by atoms with van der Waals surface area (Å²) in [6, 6.07) is 9.73. The summed E-state index contributed by atoms with van der Waals surface area (Å²) in [7, 11) is -4.02. The van der Waals surface area contributed by atoms with Gasteiger partial charge in [0.25, 0.3) is 5.69 Å². The van der Waals surface area contributed by atoms with Crippen LogP contribution in [0.2, 0.25) is 0 Å². The molecule has 8 heteroatoms. The highest BCUT2D eigenvalue weighted by molar-refractivity contribution is 7.89. The van der Waals surface area contributed by atoms with Crippen molar-refractivity contribution in [1.82, 2.24) is 9.71 Å². The summed E-state index contributed by atoms with van der Waals surface area (Å²) in [5.41, 5.74) is 0.0675. The number of benzene rings is 1. The fraction of sp³-hybridized carbons (Fsp3) is 0.154. The Labute approximate surface area is 121 Å². The standard InChI is InChI=1S/C13H13N3O4S/c1-10(11-6-4-5-9-14-11)15-21(19,20)13-8-3-2-7-12(13)16(17)18/h2-10,15H,1H3/t10-/m0/s1. The van der Waals surface area contributed by atoms with Crippen LogP contribution in [0.4, 0.5) is 5.69 Å². The summed E-state index contributed by atoms with van der Waals surface area (Å²) in [4.78, 5) is 13.9. The number of nitrogens with zero attached hydrogens (tertiary/aromatic N) is 2. The van der Waals surface area contributed by atoms with Gasteiger partial charge in [0.05, 0.1) is 16.7 Å². The van der Waals surface area contributed by atoms with Crippen LogP contribution in [0, 0.1) is 10.1 Å². The van der Waals surface area contributed by atoms with Crippen LogP contribution >= 0.6 is 0 Å². The van der Waals surface area contributed by atoms with Gasteiger partial charge >= 0.3 is 0 Å². The summed E-state index contributed by atoms with van der Waals surface area (Å²) in [5, 5.41) is 10.9. The maximum absolute atomic E-state index is 12.3. The average molecular weight is 307 g/mol. The molecule has 2 rings (SSSR count). The highest BCUT2D eigenvalue weighted by atomic mass is 32.2. The van der Waals surface area contributed by atoms with Gasteiger partial charge in [-0.05, 0) is 25.1 Å². The number of sulfonamides is 1. The second-order valence-corrected chi connectivity index (χ2v) is 6.00. The van der Waals surface area contributed by atoms with Crippen molar-refractivity contribution in [3.8, 4) is 0 Å². The van der Waals surface area contributed by atoms with Crippen LogP contribution < -0.4 is 4.72 Å². The van der Waals surface area contributed by atoms with Crippen LogP contribution in [-0.2, 0) is 10.0 Å². The quantitative estimate of drug-likeness (QED) is 0.672. The number of rotatable bonds is 5. The summed E-state index contributed by atoms with van der Waals surface area (Å²) in [5.74, 6) is 0. The summed E-state index contributed by atoms with van der Waals surface area (Å²) in [6.45, 7) is 1.62. The van der Waals surface area contributed by atoms with Crippen LogP contribution in [0.25, 0.3) is 0 Å². The molecule has 1 N–H and O–H groups in total. The molecule has 0 bridgehead atoms. The lowest BCUT2D eigenvalue weighted by Gasteiger charge is -2.13. The van der Waals surface area contributed by atoms with Crippen molar-refractivity contribution in [3.05, 3.63) is 64.5 Å². The van der Waals surface area contributed by atoms with E-state index in [-0.39, 0.29) is 4.90 Å². The lowest BCUT2D eigenvalue weighted by molar-refractivity contribution is -0.387. The Morgan fingerprint density at radius 3 is 2.48 bits per heavy atom. The minimum Gasteiger partial charge on any atom is -0.260 e. The largest absolute Gasteiger partial charge is 0.289 e. The fourth-order valence-electron chi connectivity index (χ4n) is 1.82. The zero-order valence-electron chi connectivity index (χ0n) is 11.1. The lowest BCUT2D eigenvalue weighted by atomic mass is 10.2. The summed E-state index contributed by atoms with van der Waals surface area (Å²) in [6.07, 6.45) is 1.55. The minimum atomic E-state index is -4.02. The van der Waals surface area contributed by atoms with Gasteiger partial charge in [0.2, 0.25) is 10.0 Å². The van der Waals surface area contributed by atoms with E-state index in [1.807, 2.05) is 0 Å². The van der Waals surface area contributed by atoms with Crippen LogP contribution in [0.3, 0.4) is 0 Å². The number of pyridine rings is 1. The Kier molecular flexibility index (Phi) is 4.29. The SMILES string of the molecule is C[C@H](NS(=O)(=O)c1ccccc1[N+](=O)[O-])c1ccccn1. The van der Waals surface area contributed by atoms with Gasteiger partial charge < -0.3 is 0 Å². The molecule has 0 amide bonds. The Morgan fingerprint density at radius 2 is 1.86 bits per heavy atom. The van der Waals surface area contributed by atoms with Crippen molar-refractivity contribution in [2.24, 2.45) is 0 Å². The number of nitro benzene ring substituents is 1. The molecule has 21 heavy (non-hydrogen) atoms. The number of hydrogen-bond donors (Lipinski definition) is 1. The summed E-state index contributed by atoms with van der Waals surface area (Å²) >= 11 is 0. The van der Waals surface area contributed by atoms with Crippen molar-refractivity contribution in [2.45, 2.75) is 17.9 Å². The van der Waals surface area contributed by atoms with E-state index in [1.165, 1.54) is 18.2 Å². The van der Waals surface area contributed by atoms with E-state index in [2.05, 4.69) is 9.71 Å². The number of hydrogen-bond acceptors (Lipinski definition) is 5. The van der Waals surface area contributed by atoms with Crippen LogP contribution in [0.1, 0.15) is 18.7 Å². The molecule has 1 atom stereocenters. The van der Waals surface area contributed by atoms with Gasteiger partial charge in [-0.15, -0.1) is 0 Å². The fourth-order valence-corrected chi connectivity index (χ4v) is 3.21. The Bertz CT molecular complexity index is 747. The van der Waals surface area contributed by atoms with E-state index in [9.17, 15) is 18.5 Å². The third kappa shape index (κ3) is 3.41. The molecule has 1 aromatic heterocycles. The molecule has 0 aliphatic heterocycles. The molecule has 2 aromatic rings. The van der Waals surface area contributed by atoms with Gasteiger partial charge in [-0.2, -0.15) is 0 Å². The zero-order valence-corrected chi connectivity index (χ0v) is 11.9. The first-order valence-electron chi connectivity index (χ1n) is 6.08. The van der Waals surface area contributed by atoms with Crippen molar-refractivity contribution in [2.75, 3.05) is 0 Å². The first-order chi connectivity index (χ1) is 9.92. The van der Waals surface area contributed by atoms with Gasteiger partial charge in [-0.3, -0.25) is 15.1 Å². The molecule has 1 aromatic carbocycles. The van der Waals surface area contributed by atoms with Gasteiger partial charge in [-0.1, -0.05) is 18.2 Å². The normalized spacial score (nSPS) is 12.8. The van der Waals surface area contributed by atoms with E-state index in [4.69, 9.17) is 0 Å². The Morgan fingerprint density at radius 1 is 1.19 bits per heavy atom. The first kappa shape index (κ1) is 15.1. The highest BCUT2D eigenvalue weighted by Crippen LogP contribution is 2.24. The number of nitrogens with one attached hydrogen (secondary N) is 1. The first-order valence-corrected chi connectivity index (χ1v) is 7.57. The van der Waals surface area contributed by atoms with Gasteiger partial charge in [0, 0.05) is 12.3 Å². The average Bonchev–Trinajstić information content (AvgIpc) is 2.47. The number of aromatic nitrogens is 1. The molecule has 0 spiro atoms. The Balaban J connectivity index is 2.34. The molecule has 0 saturated heterocycles. The summed E-state index contributed by atoms with van der Waals surface area (Å²) < 4.78 is 27.0. The molecular weight excluding hydrogens is 294 g/mol. The molecule has 0 fully saturated rings. The third-order valence-electron chi connectivity index (χ3n) is 2.81. The van der Waals surface area contributed by atoms with E-state index >= 15 is 0 Å². The molecule has 110 valence electrons. The Hall–Kier alpha value is -2.32. The van der Waals surface area contributed by atoms with Crippen LogP contribution in [0.5, 0.6) is 0 Å². The molecule has 0 radical (unpaired) electrons. The maximum Gasteiger partial charge on any atom is 0.289 e. The molecule has 0 unspecified atom stereocenters. The molecule has 7 nitrogen and oxygen atoms in total. The zero-order chi connectivity index (χ0) is 15.5. The third-order valence-corrected chi connectivity index (χ3v) is 4.40. The van der Waals surface area contributed by atoms with Gasteiger partial charge in [0.15, 0.2) is 4.90 Å². The van der Waals surface area contributed by atoms with E-state index in [0.717, 1.165) is 6.07 Å². The molecule has 0 aliphatic carbocycles. The molecule has 0 aliphatic rings. The van der Waals surface area contributed by atoms with Crippen LogP contribution in [-0.4, -0.2) is 18.3 Å². The van der Waals surface area contributed by atoms with Crippen molar-refractivity contribution in [1.29, 1.82) is 0 Å². The predicted molar refractivity (Wildman–Crippen MR) is 76.1 cm³/mol. The monoisotopic (exact) mass is 307 g/mol. The number of para-hydroxylation sites is 1.